The van der Waals surface area contributed by atoms with E-state index in [9.17, 15) is 0 Å². The molecule has 64 valence electrons. The molecule has 0 saturated carbocycles. The molecule has 2 N–H and O–H groups in total. The Balaban J connectivity index is 3.23. The van der Waals surface area contributed by atoms with Gasteiger partial charge in [0, 0.05) is 6.20 Å². The van der Waals surface area contributed by atoms with Gasteiger partial charge in [0.05, 0.1) is 0 Å². The molecule has 0 aliphatic rings. The first-order chi connectivity index (χ1) is 5.31. The Bertz CT molecular complexity index is 130. The monoisotopic (exact) mass is 171 g/mol. The normalized spacial score (nSPS) is 10.6. The first kappa shape index (κ1) is 10.6. The summed E-state index contributed by atoms with van der Waals surface area (Å²) in [6.45, 7) is 6.12. The van der Waals surface area contributed by atoms with Gasteiger partial charge in [0.15, 0.2) is 0 Å². The van der Waals surface area contributed by atoms with Crippen LogP contribution in [0.4, 0.5) is 0 Å². The summed E-state index contributed by atoms with van der Waals surface area (Å²) < 4.78 is 0. The zero-order valence-electron chi connectivity index (χ0n) is 7.18. The highest BCUT2D eigenvalue weighted by Crippen LogP contribution is 2.20. The molecule has 1 nitrogen and oxygen atoms in total. The number of hydrogen-bond donors (Lipinski definition) is 1. The van der Waals surface area contributed by atoms with Crippen molar-refractivity contribution in [1.29, 1.82) is 0 Å². The summed E-state index contributed by atoms with van der Waals surface area (Å²) in [5.74, 6) is 0. The topological polar surface area (TPSA) is 26.0 Å². The van der Waals surface area contributed by atoms with E-state index in [0.29, 0.717) is 0 Å². The molecular weight excluding hydrogens is 154 g/mol. The zero-order chi connectivity index (χ0) is 8.53. The zero-order valence-corrected chi connectivity index (χ0v) is 7.99. The van der Waals surface area contributed by atoms with Gasteiger partial charge >= 0.3 is 0 Å². The molecule has 2 heteroatoms. The van der Waals surface area contributed by atoms with E-state index in [-0.39, 0.29) is 0 Å². The smallest absolute Gasteiger partial charge is 0.000532 e. The van der Waals surface area contributed by atoms with Crippen LogP contribution in [0.25, 0.3) is 0 Å². The molecule has 11 heavy (non-hydrogen) atoms. The molecule has 0 heterocycles. The molecule has 0 amide bonds. The van der Waals surface area contributed by atoms with Crippen molar-refractivity contribution in [2.75, 3.05) is 0 Å². The summed E-state index contributed by atoms with van der Waals surface area (Å²) in [7, 11) is 0. The van der Waals surface area contributed by atoms with E-state index < -0.39 is 0 Å². The SMILES string of the molecule is C=C(CCCCC)S/C=C\N. The van der Waals surface area contributed by atoms with Crippen molar-refractivity contribution in [2.24, 2.45) is 5.73 Å². The van der Waals surface area contributed by atoms with Crippen LogP contribution in [0.5, 0.6) is 0 Å². The average Bonchev–Trinajstić information content (AvgIpc) is 2.01. The fraction of sp³-hybridized carbons (Fsp3) is 0.556. The lowest BCUT2D eigenvalue weighted by atomic mass is 10.2. The number of hydrogen-bond acceptors (Lipinski definition) is 2. The quantitative estimate of drug-likeness (QED) is 0.621. The third kappa shape index (κ3) is 7.53. The number of thioether (sulfide) groups is 1. The molecular formula is C9H17NS. The van der Waals surface area contributed by atoms with Crippen LogP contribution in [0.2, 0.25) is 0 Å². The van der Waals surface area contributed by atoms with Gasteiger partial charge in [0.2, 0.25) is 0 Å². The molecule has 0 aromatic carbocycles. The van der Waals surface area contributed by atoms with Gasteiger partial charge in [-0.05, 0) is 23.2 Å². The maximum absolute atomic E-state index is 5.19. The second kappa shape index (κ2) is 7.73. The lowest BCUT2D eigenvalue weighted by Gasteiger charge is -1.99. The predicted octanol–water partition coefficient (Wildman–Crippen LogP) is 3.24. The molecule has 0 aromatic rings. The lowest BCUT2D eigenvalue weighted by Crippen LogP contribution is -1.77. The largest absolute Gasteiger partial charge is 0.404 e. The first-order valence-electron chi connectivity index (χ1n) is 4.02. The van der Waals surface area contributed by atoms with Crippen molar-refractivity contribution in [3.63, 3.8) is 0 Å². The molecule has 0 bridgehead atoms. The molecule has 0 aliphatic carbocycles. The molecule has 0 spiro atoms. The summed E-state index contributed by atoms with van der Waals surface area (Å²) in [6.07, 6.45) is 6.48. The van der Waals surface area contributed by atoms with Gasteiger partial charge in [-0.25, -0.2) is 0 Å². The molecule has 0 radical (unpaired) electrons. The molecule has 0 unspecified atom stereocenters. The Morgan fingerprint density at radius 1 is 1.55 bits per heavy atom. The number of allylic oxidation sites excluding steroid dienone is 1. The van der Waals surface area contributed by atoms with Crippen LogP contribution in [0.3, 0.4) is 0 Å². The van der Waals surface area contributed by atoms with Gasteiger partial charge in [0.1, 0.15) is 0 Å². The molecule has 0 saturated heterocycles. The molecule has 0 aromatic heterocycles. The van der Waals surface area contributed by atoms with Crippen LogP contribution in [-0.2, 0) is 0 Å². The van der Waals surface area contributed by atoms with E-state index in [0.717, 1.165) is 6.42 Å². The lowest BCUT2D eigenvalue weighted by molar-refractivity contribution is 0.726. The van der Waals surface area contributed by atoms with E-state index in [2.05, 4.69) is 13.5 Å². The maximum Gasteiger partial charge on any atom is 0.000532 e. The summed E-state index contributed by atoms with van der Waals surface area (Å²) in [6, 6.07) is 0. The predicted molar refractivity (Wildman–Crippen MR) is 54.2 cm³/mol. The highest BCUT2D eigenvalue weighted by Gasteiger charge is 1.91. The minimum absolute atomic E-state index is 1.11. The fourth-order valence-corrected chi connectivity index (χ4v) is 1.30. The van der Waals surface area contributed by atoms with Gasteiger partial charge < -0.3 is 5.73 Å². The standard InChI is InChI=1S/C9H17NS/c1-3-4-5-6-9(2)11-8-7-10/h7-8H,2-6,10H2,1H3/b8-7-. The minimum atomic E-state index is 1.11. The van der Waals surface area contributed by atoms with Crippen LogP contribution in [-0.4, -0.2) is 0 Å². The van der Waals surface area contributed by atoms with E-state index in [1.807, 2.05) is 5.41 Å². The van der Waals surface area contributed by atoms with Crippen molar-refractivity contribution in [3.8, 4) is 0 Å². The van der Waals surface area contributed by atoms with E-state index >= 15 is 0 Å². The Kier molecular flexibility index (Phi) is 7.47. The van der Waals surface area contributed by atoms with Crippen LogP contribution in [0, 0.1) is 0 Å². The fourth-order valence-electron chi connectivity index (χ4n) is 0.767. The first-order valence-corrected chi connectivity index (χ1v) is 4.90. The third-order valence-electron chi connectivity index (χ3n) is 1.37. The summed E-state index contributed by atoms with van der Waals surface area (Å²) in [5.41, 5.74) is 5.19. The van der Waals surface area contributed by atoms with Crippen molar-refractivity contribution in [2.45, 2.75) is 32.6 Å². The van der Waals surface area contributed by atoms with Gasteiger partial charge in [-0.15, -0.1) is 11.8 Å². The van der Waals surface area contributed by atoms with Gasteiger partial charge in [0.25, 0.3) is 0 Å². The summed E-state index contributed by atoms with van der Waals surface area (Å²) in [5, 5.41) is 1.87. The van der Waals surface area contributed by atoms with E-state index in [1.54, 1.807) is 18.0 Å². The molecule has 0 rings (SSSR count). The highest BCUT2D eigenvalue weighted by molar-refractivity contribution is 8.05. The van der Waals surface area contributed by atoms with Crippen molar-refractivity contribution < 1.29 is 0 Å². The van der Waals surface area contributed by atoms with Gasteiger partial charge in [-0.3, -0.25) is 0 Å². The van der Waals surface area contributed by atoms with Crippen molar-refractivity contribution in [3.05, 3.63) is 23.1 Å². The Labute approximate surface area is 73.7 Å². The maximum atomic E-state index is 5.19. The molecule has 0 aliphatic heterocycles. The van der Waals surface area contributed by atoms with Crippen molar-refractivity contribution >= 4 is 11.8 Å². The van der Waals surface area contributed by atoms with E-state index in [4.69, 9.17) is 5.73 Å². The molecule has 0 fully saturated rings. The second-order valence-electron chi connectivity index (χ2n) is 2.44. The minimum Gasteiger partial charge on any atom is -0.404 e. The van der Waals surface area contributed by atoms with Crippen LogP contribution >= 0.6 is 11.8 Å². The third-order valence-corrected chi connectivity index (χ3v) is 2.20. The van der Waals surface area contributed by atoms with Gasteiger partial charge in [-0.1, -0.05) is 26.3 Å². The Morgan fingerprint density at radius 2 is 2.27 bits per heavy atom. The number of nitrogens with two attached hydrogens (primary N) is 1. The summed E-state index contributed by atoms with van der Waals surface area (Å²) in [4.78, 5) is 1.21. The van der Waals surface area contributed by atoms with E-state index in [1.165, 1.54) is 24.2 Å². The van der Waals surface area contributed by atoms with Crippen molar-refractivity contribution in [1.82, 2.24) is 0 Å². The van der Waals surface area contributed by atoms with Crippen LogP contribution in [0.15, 0.2) is 23.1 Å². The van der Waals surface area contributed by atoms with Gasteiger partial charge in [-0.2, -0.15) is 0 Å². The summed E-state index contributed by atoms with van der Waals surface area (Å²) >= 11 is 1.63. The Morgan fingerprint density at radius 3 is 2.82 bits per heavy atom. The second-order valence-corrected chi connectivity index (χ2v) is 3.53. The van der Waals surface area contributed by atoms with Crippen LogP contribution < -0.4 is 5.73 Å². The Hall–Kier alpha value is -0.370. The number of rotatable bonds is 6. The highest BCUT2D eigenvalue weighted by atomic mass is 32.2. The van der Waals surface area contributed by atoms with Crippen LogP contribution in [0.1, 0.15) is 32.6 Å². The average molecular weight is 171 g/mol. The molecule has 0 atom stereocenters. The number of unbranched alkanes of at least 4 members (excludes halogenated alkanes) is 2.